The van der Waals surface area contributed by atoms with E-state index in [-0.39, 0.29) is 0 Å². The molecule has 0 aromatic carbocycles. The third-order valence-electron chi connectivity index (χ3n) is 2.13. The SMILES string of the molecule is C=CC(=O)OCCCCC(C)(C)OC(=O)C=C. The van der Waals surface area contributed by atoms with Gasteiger partial charge in [-0.05, 0) is 33.1 Å². The maximum Gasteiger partial charge on any atom is 0.330 e. The monoisotopic (exact) mass is 240 g/mol. The minimum Gasteiger partial charge on any atom is -0.463 e. The second-order valence-corrected chi connectivity index (χ2v) is 4.21. The summed E-state index contributed by atoms with van der Waals surface area (Å²) >= 11 is 0. The van der Waals surface area contributed by atoms with Crippen molar-refractivity contribution in [3.63, 3.8) is 0 Å². The topological polar surface area (TPSA) is 52.6 Å². The van der Waals surface area contributed by atoms with Gasteiger partial charge in [-0.2, -0.15) is 0 Å². The summed E-state index contributed by atoms with van der Waals surface area (Å²) in [6.07, 6.45) is 4.53. The molecule has 0 spiro atoms. The van der Waals surface area contributed by atoms with Gasteiger partial charge < -0.3 is 9.47 Å². The van der Waals surface area contributed by atoms with E-state index in [2.05, 4.69) is 13.2 Å². The van der Waals surface area contributed by atoms with Crippen molar-refractivity contribution in [3.05, 3.63) is 25.3 Å². The molecule has 0 radical (unpaired) electrons. The van der Waals surface area contributed by atoms with E-state index >= 15 is 0 Å². The molecular formula is C13H20O4. The molecule has 4 nitrogen and oxygen atoms in total. The summed E-state index contributed by atoms with van der Waals surface area (Å²) in [5.74, 6) is -0.838. The highest BCUT2D eigenvalue weighted by molar-refractivity contribution is 5.81. The number of hydrogen-bond acceptors (Lipinski definition) is 4. The van der Waals surface area contributed by atoms with Gasteiger partial charge in [0.05, 0.1) is 6.61 Å². The van der Waals surface area contributed by atoms with E-state index in [0.717, 1.165) is 25.0 Å². The van der Waals surface area contributed by atoms with Crippen LogP contribution in [0.4, 0.5) is 0 Å². The van der Waals surface area contributed by atoms with Gasteiger partial charge in [0.2, 0.25) is 0 Å². The normalized spacial score (nSPS) is 10.5. The molecular weight excluding hydrogens is 220 g/mol. The van der Waals surface area contributed by atoms with E-state index in [0.29, 0.717) is 13.0 Å². The Morgan fingerprint density at radius 3 is 2.24 bits per heavy atom. The van der Waals surface area contributed by atoms with Gasteiger partial charge in [-0.25, -0.2) is 9.59 Å². The van der Waals surface area contributed by atoms with Crippen LogP contribution in [0.25, 0.3) is 0 Å². The van der Waals surface area contributed by atoms with E-state index in [9.17, 15) is 9.59 Å². The summed E-state index contributed by atoms with van der Waals surface area (Å²) in [5.41, 5.74) is -0.520. The summed E-state index contributed by atoms with van der Waals surface area (Å²) < 4.78 is 9.98. The summed E-state index contributed by atoms with van der Waals surface area (Å²) in [6, 6.07) is 0. The van der Waals surface area contributed by atoms with Crippen LogP contribution in [0, 0.1) is 0 Å². The zero-order valence-corrected chi connectivity index (χ0v) is 10.5. The molecule has 0 aromatic heterocycles. The van der Waals surface area contributed by atoms with Crippen LogP contribution in [-0.2, 0) is 19.1 Å². The highest BCUT2D eigenvalue weighted by Gasteiger charge is 2.20. The van der Waals surface area contributed by atoms with Crippen LogP contribution >= 0.6 is 0 Å². The van der Waals surface area contributed by atoms with Gasteiger partial charge in [0.15, 0.2) is 0 Å². The third kappa shape index (κ3) is 8.25. The van der Waals surface area contributed by atoms with E-state index in [4.69, 9.17) is 9.47 Å². The first kappa shape index (κ1) is 15.4. The van der Waals surface area contributed by atoms with Gasteiger partial charge in [0.25, 0.3) is 0 Å². The van der Waals surface area contributed by atoms with Gasteiger partial charge in [0, 0.05) is 12.2 Å². The number of ether oxygens (including phenoxy) is 2. The lowest BCUT2D eigenvalue weighted by Gasteiger charge is -2.24. The summed E-state index contributed by atoms with van der Waals surface area (Å²) in [4.78, 5) is 21.8. The van der Waals surface area contributed by atoms with Gasteiger partial charge in [-0.15, -0.1) is 0 Å². The highest BCUT2D eigenvalue weighted by atomic mass is 16.6. The van der Waals surface area contributed by atoms with Crippen molar-refractivity contribution >= 4 is 11.9 Å². The minimum absolute atomic E-state index is 0.357. The fourth-order valence-electron chi connectivity index (χ4n) is 1.25. The summed E-state index contributed by atoms with van der Waals surface area (Å²) in [5, 5.41) is 0. The number of unbranched alkanes of at least 4 members (excludes halogenated alkanes) is 1. The second-order valence-electron chi connectivity index (χ2n) is 4.21. The van der Waals surface area contributed by atoms with E-state index in [1.807, 2.05) is 13.8 Å². The zero-order chi connectivity index (χ0) is 13.3. The van der Waals surface area contributed by atoms with Crippen molar-refractivity contribution in [3.8, 4) is 0 Å². The second kappa shape index (κ2) is 7.65. The molecule has 96 valence electrons. The standard InChI is InChI=1S/C13H20O4/c1-5-11(14)16-10-8-7-9-13(3,4)17-12(15)6-2/h5-6H,1-2,7-10H2,3-4H3. The Labute approximate surface area is 102 Å². The molecule has 0 amide bonds. The molecule has 0 heterocycles. The van der Waals surface area contributed by atoms with Crippen LogP contribution in [0.2, 0.25) is 0 Å². The summed E-state index contributed by atoms with van der Waals surface area (Å²) in [6.45, 7) is 10.7. The Morgan fingerprint density at radius 1 is 1.12 bits per heavy atom. The van der Waals surface area contributed by atoms with E-state index in [1.165, 1.54) is 0 Å². The highest BCUT2D eigenvalue weighted by Crippen LogP contribution is 2.18. The Balaban J connectivity index is 3.72. The van der Waals surface area contributed by atoms with Crippen LogP contribution in [0.5, 0.6) is 0 Å². The third-order valence-corrected chi connectivity index (χ3v) is 2.13. The van der Waals surface area contributed by atoms with Crippen molar-refractivity contribution in [2.75, 3.05) is 6.61 Å². The molecule has 0 unspecified atom stereocenters. The molecule has 0 saturated heterocycles. The van der Waals surface area contributed by atoms with E-state index < -0.39 is 17.5 Å². The number of carbonyl (C=O) groups excluding carboxylic acids is 2. The number of carbonyl (C=O) groups is 2. The van der Waals surface area contributed by atoms with Crippen molar-refractivity contribution in [1.29, 1.82) is 0 Å². The lowest BCUT2D eigenvalue weighted by Crippen LogP contribution is -2.27. The quantitative estimate of drug-likeness (QED) is 0.371. The molecule has 17 heavy (non-hydrogen) atoms. The van der Waals surface area contributed by atoms with Gasteiger partial charge in [-0.1, -0.05) is 13.2 Å². The molecule has 0 aliphatic carbocycles. The summed E-state index contributed by atoms with van der Waals surface area (Å²) in [7, 11) is 0. The average Bonchev–Trinajstić information content (AvgIpc) is 2.27. The molecule has 0 N–H and O–H groups in total. The van der Waals surface area contributed by atoms with Crippen LogP contribution in [0.15, 0.2) is 25.3 Å². The van der Waals surface area contributed by atoms with Crippen LogP contribution in [-0.4, -0.2) is 24.1 Å². The first-order chi connectivity index (χ1) is 7.91. The Bertz CT molecular complexity index is 292. The zero-order valence-electron chi connectivity index (χ0n) is 10.5. The van der Waals surface area contributed by atoms with Crippen LogP contribution in [0.1, 0.15) is 33.1 Å². The molecule has 0 rings (SSSR count). The number of hydrogen-bond donors (Lipinski definition) is 0. The van der Waals surface area contributed by atoms with Gasteiger partial charge in [-0.3, -0.25) is 0 Å². The van der Waals surface area contributed by atoms with E-state index in [1.54, 1.807) is 0 Å². The lowest BCUT2D eigenvalue weighted by molar-refractivity contribution is -0.150. The molecule has 0 aliphatic rings. The molecule has 0 atom stereocenters. The van der Waals surface area contributed by atoms with Crippen molar-refractivity contribution in [2.24, 2.45) is 0 Å². The smallest absolute Gasteiger partial charge is 0.330 e. The van der Waals surface area contributed by atoms with Crippen LogP contribution < -0.4 is 0 Å². The number of rotatable bonds is 8. The predicted molar refractivity (Wildman–Crippen MR) is 65.4 cm³/mol. The maximum atomic E-state index is 11.0. The Morgan fingerprint density at radius 2 is 1.71 bits per heavy atom. The van der Waals surface area contributed by atoms with Gasteiger partial charge >= 0.3 is 11.9 Å². The minimum atomic E-state index is -0.520. The largest absolute Gasteiger partial charge is 0.463 e. The van der Waals surface area contributed by atoms with Crippen LogP contribution in [0.3, 0.4) is 0 Å². The maximum absolute atomic E-state index is 11.0. The molecule has 4 heteroatoms. The number of esters is 2. The molecule has 0 bridgehead atoms. The molecule has 0 aromatic rings. The first-order valence-electron chi connectivity index (χ1n) is 5.56. The fraction of sp³-hybridized carbons (Fsp3) is 0.538. The molecule has 0 aliphatic heterocycles. The Hall–Kier alpha value is -1.58. The molecule has 0 saturated carbocycles. The average molecular weight is 240 g/mol. The van der Waals surface area contributed by atoms with Crippen molar-refractivity contribution in [1.82, 2.24) is 0 Å². The fourth-order valence-corrected chi connectivity index (χ4v) is 1.25. The molecule has 0 fully saturated rings. The Kier molecular flexibility index (Phi) is 6.94. The predicted octanol–water partition coefficient (Wildman–Crippen LogP) is 2.39. The van der Waals surface area contributed by atoms with Crippen molar-refractivity contribution in [2.45, 2.75) is 38.7 Å². The first-order valence-corrected chi connectivity index (χ1v) is 5.56. The van der Waals surface area contributed by atoms with Crippen molar-refractivity contribution < 1.29 is 19.1 Å². The van der Waals surface area contributed by atoms with Gasteiger partial charge in [0.1, 0.15) is 5.60 Å². The lowest BCUT2D eigenvalue weighted by atomic mass is 10.0.